The van der Waals surface area contributed by atoms with Crippen molar-refractivity contribution in [2.24, 2.45) is 0 Å². The van der Waals surface area contributed by atoms with Gasteiger partial charge < -0.3 is 0 Å². The highest BCUT2D eigenvalue weighted by atomic mass is 127. The molecule has 0 aliphatic carbocycles. The second-order valence-corrected chi connectivity index (χ2v) is 6.81. The van der Waals surface area contributed by atoms with E-state index in [-0.39, 0.29) is 5.02 Å². The maximum atomic E-state index is 12.9. The molecule has 0 saturated heterocycles. The summed E-state index contributed by atoms with van der Waals surface area (Å²) < 4.78 is 41.4. The summed E-state index contributed by atoms with van der Waals surface area (Å²) >= 11 is 9.36. The van der Waals surface area contributed by atoms with Crippen LogP contribution in [-0.2, 0) is 6.18 Å². The van der Waals surface area contributed by atoms with Gasteiger partial charge in [-0.3, -0.25) is 0 Å². The number of benzene rings is 2. The summed E-state index contributed by atoms with van der Waals surface area (Å²) in [7, 11) is 0. The molecule has 0 N–H and O–H groups in total. The summed E-state index contributed by atoms with van der Waals surface area (Å²) in [5, 5.41) is 1.19. The zero-order valence-corrected chi connectivity index (χ0v) is 12.9. The molecule has 3 aromatic rings. The van der Waals surface area contributed by atoms with E-state index in [1.54, 1.807) is 0 Å². The van der Waals surface area contributed by atoms with Crippen LogP contribution in [-0.4, -0.2) is 0 Å². The van der Waals surface area contributed by atoms with Gasteiger partial charge >= 0.3 is 6.18 Å². The quantitative estimate of drug-likeness (QED) is 0.378. The summed E-state index contributed by atoms with van der Waals surface area (Å²) in [6.07, 6.45) is -4.43. The Morgan fingerprint density at radius 2 is 1.68 bits per heavy atom. The van der Waals surface area contributed by atoms with E-state index in [4.69, 9.17) is 11.6 Å². The molecular formula is C13H5ClF3IS. The highest BCUT2D eigenvalue weighted by Gasteiger charge is 2.33. The van der Waals surface area contributed by atoms with Crippen LogP contribution >= 0.6 is 45.5 Å². The minimum Gasteiger partial charge on any atom is -0.166 e. The Hall–Kier alpha value is -0.530. The Morgan fingerprint density at radius 1 is 1.00 bits per heavy atom. The fourth-order valence-corrected chi connectivity index (χ4v) is 4.19. The molecule has 1 aromatic heterocycles. The summed E-state index contributed by atoms with van der Waals surface area (Å²) in [4.78, 5) is 0. The molecule has 1 heterocycles. The first-order valence-electron chi connectivity index (χ1n) is 5.25. The molecule has 0 spiro atoms. The topological polar surface area (TPSA) is 0 Å². The van der Waals surface area contributed by atoms with Crippen LogP contribution in [0.15, 0.2) is 30.3 Å². The zero-order chi connectivity index (χ0) is 13.8. The van der Waals surface area contributed by atoms with E-state index in [9.17, 15) is 13.2 Å². The molecule has 0 amide bonds. The average Bonchev–Trinajstić information content (AvgIpc) is 2.62. The average molecular weight is 413 g/mol. The van der Waals surface area contributed by atoms with Crippen LogP contribution in [0.3, 0.4) is 0 Å². The van der Waals surface area contributed by atoms with Crippen LogP contribution in [0.1, 0.15) is 5.56 Å². The monoisotopic (exact) mass is 412 g/mol. The van der Waals surface area contributed by atoms with Gasteiger partial charge in [0.2, 0.25) is 0 Å². The Balaban J connectivity index is 2.41. The molecular weight excluding hydrogens is 408 g/mol. The van der Waals surface area contributed by atoms with Crippen LogP contribution in [0.4, 0.5) is 13.2 Å². The number of alkyl halides is 3. The van der Waals surface area contributed by atoms with E-state index in [0.29, 0.717) is 5.39 Å². The lowest BCUT2D eigenvalue weighted by Gasteiger charge is -2.08. The lowest BCUT2D eigenvalue weighted by Crippen LogP contribution is -2.05. The molecule has 0 atom stereocenters. The van der Waals surface area contributed by atoms with Gasteiger partial charge in [-0.05, 0) is 46.9 Å². The van der Waals surface area contributed by atoms with E-state index in [1.165, 1.54) is 17.4 Å². The molecule has 0 fully saturated rings. The smallest absolute Gasteiger partial charge is 0.166 e. The van der Waals surface area contributed by atoms with Gasteiger partial charge in [0.15, 0.2) is 0 Å². The maximum Gasteiger partial charge on any atom is 0.417 e. The van der Waals surface area contributed by atoms with Crippen molar-refractivity contribution in [3.8, 4) is 0 Å². The molecule has 0 nitrogen and oxygen atoms in total. The molecule has 0 radical (unpaired) electrons. The van der Waals surface area contributed by atoms with E-state index >= 15 is 0 Å². The SMILES string of the molecule is FC(F)(F)c1cc2c(cc1Cl)sc1cc(I)ccc12. The van der Waals surface area contributed by atoms with Crippen LogP contribution in [0, 0.1) is 3.57 Å². The largest absolute Gasteiger partial charge is 0.417 e. The lowest BCUT2D eigenvalue weighted by molar-refractivity contribution is -0.137. The predicted octanol–water partition coefficient (Wildman–Crippen LogP) is 6.33. The first kappa shape index (κ1) is 13.5. The summed E-state index contributed by atoms with van der Waals surface area (Å²) in [6.45, 7) is 0. The number of hydrogen-bond acceptors (Lipinski definition) is 1. The standard InChI is InChI=1S/C13H5ClF3IS/c14-10-5-12-8(4-9(10)13(15,16)17)7-2-1-6(18)3-11(7)19-12/h1-5H. The van der Waals surface area contributed by atoms with Gasteiger partial charge in [0.1, 0.15) is 0 Å². The van der Waals surface area contributed by atoms with Crippen LogP contribution in [0.25, 0.3) is 20.2 Å². The Labute approximate surface area is 129 Å². The van der Waals surface area contributed by atoms with Crippen molar-refractivity contribution in [2.45, 2.75) is 6.18 Å². The van der Waals surface area contributed by atoms with Gasteiger partial charge in [-0.25, -0.2) is 0 Å². The number of rotatable bonds is 0. The van der Waals surface area contributed by atoms with E-state index in [0.717, 1.165) is 24.4 Å². The minimum atomic E-state index is -4.43. The molecule has 19 heavy (non-hydrogen) atoms. The van der Waals surface area contributed by atoms with E-state index < -0.39 is 11.7 Å². The number of fused-ring (bicyclic) bond motifs is 3. The lowest BCUT2D eigenvalue weighted by atomic mass is 10.1. The summed E-state index contributed by atoms with van der Waals surface area (Å²) in [5.74, 6) is 0. The minimum absolute atomic E-state index is 0.249. The third-order valence-electron chi connectivity index (χ3n) is 2.83. The highest BCUT2D eigenvalue weighted by molar-refractivity contribution is 14.1. The van der Waals surface area contributed by atoms with E-state index in [1.807, 2.05) is 18.2 Å². The van der Waals surface area contributed by atoms with Gasteiger partial charge in [0, 0.05) is 23.7 Å². The molecule has 0 unspecified atom stereocenters. The van der Waals surface area contributed by atoms with Gasteiger partial charge in [-0.1, -0.05) is 17.7 Å². The normalized spacial score (nSPS) is 12.5. The van der Waals surface area contributed by atoms with Gasteiger partial charge in [-0.2, -0.15) is 13.2 Å². The van der Waals surface area contributed by atoms with Crippen LogP contribution in [0.5, 0.6) is 0 Å². The third kappa shape index (κ3) is 2.32. The maximum absolute atomic E-state index is 12.9. The van der Waals surface area contributed by atoms with E-state index in [2.05, 4.69) is 22.6 Å². The molecule has 0 aliphatic heterocycles. The zero-order valence-electron chi connectivity index (χ0n) is 9.18. The summed E-state index contributed by atoms with van der Waals surface area (Å²) in [5.41, 5.74) is -0.778. The highest BCUT2D eigenvalue weighted by Crippen LogP contribution is 2.42. The Morgan fingerprint density at radius 3 is 2.37 bits per heavy atom. The fraction of sp³-hybridized carbons (Fsp3) is 0.0769. The summed E-state index contributed by atoms with van der Waals surface area (Å²) in [6, 6.07) is 8.24. The number of thiophene rings is 1. The number of halogens is 5. The van der Waals surface area contributed by atoms with Crippen molar-refractivity contribution in [3.63, 3.8) is 0 Å². The van der Waals surface area contributed by atoms with Crippen molar-refractivity contribution in [2.75, 3.05) is 0 Å². The Bertz CT molecular complexity index is 792. The second kappa shape index (κ2) is 4.49. The van der Waals surface area contributed by atoms with Gasteiger partial charge in [0.25, 0.3) is 0 Å². The molecule has 98 valence electrons. The number of hydrogen-bond donors (Lipinski definition) is 0. The van der Waals surface area contributed by atoms with Gasteiger partial charge in [-0.15, -0.1) is 11.3 Å². The fourth-order valence-electron chi connectivity index (χ4n) is 1.99. The Kier molecular flexibility index (Phi) is 3.18. The van der Waals surface area contributed by atoms with Crippen LogP contribution in [0.2, 0.25) is 5.02 Å². The van der Waals surface area contributed by atoms with Crippen molar-refractivity contribution in [1.82, 2.24) is 0 Å². The van der Waals surface area contributed by atoms with Crippen molar-refractivity contribution < 1.29 is 13.2 Å². The van der Waals surface area contributed by atoms with Gasteiger partial charge in [0.05, 0.1) is 10.6 Å². The van der Waals surface area contributed by atoms with Crippen molar-refractivity contribution >= 4 is 65.7 Å². The molecule has 6 heteroatoms. The first-order valence-corrected chi connectivity index (χ1v) is 7.52. The first-order chi connectivity index (χ1) is 8.86. The van der Waals surface area contributed by atoms with Crippen molar-refractivity contribution in [1.29, 1.82) is 0 Å². The molecule has 3 rings (SSSR count). The molecule has 0 aliphatic rings. The van der Waals surface area contributed by atoms with Crippen LogP contribution < -0.4 is 0 Å². The second-order valence-electron chi connectivity index (χ2n) is 4.07. The molecule has 0 bridgehead atoms. The predicted molar refractivity (Wildman–Crippen MR) is 82.1 cm³/mol. The molecule has 0 saturated carbocycles. The van der Waals surface area contributed by atoms with Crippen molar-refractivity contribution in [3.05, 3.63) is 44.5 Å². The molecule has 2 aromatic carbocycles. The third-order valence-corrected chi connectivity index (χ3v) is 4.93.